The maximum Gasteiger partial charge on any atom is 0.306 e. The molecule has 0 saturated carbocycles. The van der Waals surface area contributed by atoms with Gasteiger partial charge in [-0.2, -0.15) is 0 Å². The Morgan fingerprint density at radius 3 is 0.844 bits per heavy atom. The van der Waals surface area contributed by atoms with Crippen LogP contribution in [-0.4, -0.2) is 37.2 Å². The van der Waals surface area contributed by atoms with Crippen LogP contribution in [0.4, 0.5) is 0 Å². The zero-order chi connectivity index (χ0) is 55.7. The van der Waals surface area contributed by atoms with Crippen LogP contribution in [0.5, 0.6) is 0 Å². The molecule has 0 amide bonds. The van der Waals surface area contributed by atoms with E-state index in [-0.39, 0.29) is 37.5 Å². The monoisotopic (exact) mass is 1060 g/mol. The summed E-state index contributed by atoms with van der Waals surface area (Å²) < 4.78 is 16.8. The molecule has 0 saturated heterocycles. The molecule has 6 nitrogen and oxygen atoms in total. The largest absolute Gasteiger partial charge is 0.462 e. The van der Waals surface area contributed by atoms with Crippen molar-refractivity contribution in [3.05, 3.63) is 158 Å². The highest BCUT2D eigenvalue weighted by atomic mass is 16.6. The molecule has 0 rings (SSSR count). The van der Waals surface area contributed by atoms with E-state index >= 15 is 0 Å². The Labute approximate surface area is 473 Å². The number of carbonyl (C=O) groups excluding carboxylic acids is 3. The molecule has 0 bridgehead atoms. The van der Waals surface area contributed by atoms with Gasteiger partial charge in [-0.05, 0) is 122 Å². The van der Waals surface area contributed by atoms with Gasteiger partial charge in [0.25, 0.3) is 0 Å². The van der Waals surface area contributed by atoms with E-state index in [1.54, 1.807) is 0 Å². The minimum absolute atomic E-state index is 0.106. The first kappa shape index (κ1) is 72.0. The van der Waals surface area contributed by atoms with Crippen LogP contribution in [0, 0.1) is 0 Å². The zero-order valence-electron chi connectivity index (χ0n) is 49.4. The Hall–Kier alpha value is -4.97. The molecule has 0 aliphatic heterocycles. The minimum atomic E-state index is -0.815. The lowest BCUT2D eigenvalue weighted by Gasteiger charge is -2.18. The third-order valence-corrected chi connectivity index (χ3v) is 12.5. The van der Waals surface area contributed by atoms with E-state index < -0.39 is 6.10 Å². The molecule has 77 heavy (non-hydrogen) atoms. The second kappa shape index (κ2) is 63.6. The van der Waals surface area contributed by atoms with Gasteiger partial charge in [0.15, 0.2) is 6.10 Å². The van der Waals surface area contributed by atoms with Gasteiger partial charge in [-0.1, -0.05) is 269 Å². The summed E-state index contributed by atoms with van der Waals surface area (Å²) in [5.74, 6) is -0.988. The molecule has 0 spiro atoms. The van der Waals surface area contributed by atoms with Crippen molar-refractivity contribution in [3.63, 3.8) is 0 Å². The molecule has 0 N–H and O–H groups in total. The topological polar surface area (TPSA) is 78.9 Å². The molecule has 0 aliphatic rings. The summed E-state index contributed by atoms with van der Waals surface area (Å²) in [6.45, 7) is 6.34. The van der Waals surface area contributed by atoms with Crippen LogP contribution in [-0.2, 0) is 28.6 Å². The summed E-state index contributed by atoms with van der Waals surface area (Å²) in [6.07, 6.45) is 92.5. The Morgan fingerprint density at radius 1 is 0.273 bits per heavy atom. The van der Waals surface area contributed by atoms with Crippen molar-refractivity contribution in [1.82, 2.24) is 0 Å². The first-order valence-electron chi connectivity index (χ1n) is 31.0. The second-order valence-electron chi connectivity index (χ2n) is 19.9. The van der Waals surface area contributed by atoms with Crippen LogP contribution in [0.3, 0.4) is 0 Å². The van der Waals surface area contributed by atoms with Crippen LogP contribution < -0.4 is 0 Å². The highest BCUT2D eigenvalue weighted by Crippen LogP contribution is 2.14. The quantitative estimate of drug-likeness (QED) is 0.0261. The van der Waals surface area contributed by atoms with Crippen molar-refractivity contribution >= 4 is 17.9 Å². The lowest BCUT2D eigenvalue weighted by molar-refractivity contribution is -0.167. The van der Waals surface area contributed by atoms with Crippen LogP contribution >= 0.6 is 0 Å². The molecule has 0 aliphatic carbocycles. The molecular formula is C71H112O6. The van der Waals surface area contributed by atoms with E-state index in [4.69, 9.17) is 14.2 Å². The summed E-state index contributed by atoms with van der Waals surface area (Å²) in [5.41, 5.74) is 0. The van der Waals surface area contributed by atoms with Gasteiger partial charge in [0, 0.05) is 19.3 Å². The fraction of sp³-hybridized carbons (Fsp3) is 0.592. The number of hydrogen-bond acceptors (Lipinski definition) is 6. The maximum absolute atomic E-state index is 12.9. The summed E-state index contributed by atoms with van der Waals surface area (Å²) in [4.78, 5) is 38.2. The Bertz CT molecular complexity index is 1740. The first-order chi connectivity index (χ1) is 38.0. The van der Waals surface area contributed by atoms with E-state index in [0.717, 1.165) is 141 Å². The molecule has 0 radical (unpaired) electrons. The Morgan fingerprint density at radius 2 is 0.519 bits per heavy atom. The highest BCUT2D eigenvalue weighted by molar-refractivity contribution is 5.71. The fourth-order valence-corrected chi connectivity index (χ4v) is 7.96. The van der Waals surface area contributed by atoms with E-state index in [1.807, 2.05) is 0 Å². The standard InChI is InChI=1S/C71H112O6/c1-4-7-10-13-16-19-22-24-26-28-30-31-32-33-34-35-36-37-38-39-41-42-44-46-49-52-55-58-61-64-70(73)76-67-68(66-75-69(72)63-60-57-54-51-48-21-18-15-12-9-6-3)77-71(74)65-62-59-56-53-50-47-45-43-40-29-27-25-23-20-17-14-11-8-5-2/h7-8,10-11,16-17,19-20,24-27,30-31,33-34,36-37,39-41,43-44,46,52,55,68H,4-6,9,12-15,18,21-23,28-29,32,35,38,42,45,47-51,53-54,56-67H2,1-3H3/b10-7-,11-8-,19-16-,20-17-,26-24-,27-25-,31-30-,34-33-,37-36-,41-39-,43-40-,46-44-,55-52-. The summed E-state index contributed by atoms with van der Waals surface area (Å²) >= 11 is 0. The molecule has 6 heteroatoms. The summed E-state index contributed by atoms with van der Waals surface area (Å²) in [6, 6.07) is 0. The van der Waals surface area contributed by atoms with E-state index in [9.17, 15) is 14.4 Å². The van der Waals surface area contributed by atoms with Gasteiger partial charge < -0.3 is 14.2 Å². The Balaban J connectivity index is 4.45. The van der Waals surface area contributed by atoms with Crippen molar-refractivity contribution in [2.45, 2.75) is 258 Å². The number of ether oxygens (including phenoxy) is 3. The molecule has 0 aromatic carbocycles. The molecule has 0 aromatic heterocycles. The van der Waals surface area contributed by atoms with Crippen molar-refractivity contribution in [3.8, 4) is 0 Å². The molecule has 0 heterocycles. The van der Waals surface area contributed by atoms with Crippen LogP contribution in [0.25, 0.3) is 0 Å². The predicted octanol–water partition coefficient (Wildman–Crippen LogP) is 21.3. The Kier molecular flexibility index (Phi) is 59.5. The number of carbonyl (C=O) groups is 3. The van der Waals surface area contributed by atoms with Crippen LogP contribution in [0.2, 0.25) is 0 Å². The lowest BCUT2D eigenvalue weighted by atomic mass is 10.1. The summed E-state index contributed by atoms with van der Waals surface area (Å²) in [7, 11) is 0. The van der Waals surface area contributed by atoms with E-state index in [1.165, 1.54) is 64.2 Å². The third-order valence-electron chi connectivity index (χ3n) is 12.5. The van der Waals surface area contributed by atoms with Gasteiger partial charge in [0.1, 0.15) is 13.2 Å². The summed E-state index contributed by atoms with van der Waals surface area (Å²) in [5, 5.41) is 0. The molecular weight excluding hydrogens is 949 g/mol. The van der Waals surface area contributed by atoms with Gasteiger partial charge in [0.05, 0.1) is 0 Å². The zero-order valence-corrected chi connectivity index (χ0v) is 49.4. The maximum atomic E-state index is 12.9. The molecule has 432 valence electrons. The van der Waals surface area contributed by atoms with E-state index in [2.05, 4.69) is 179 Å². The SMILES string of the molecule is CC/C=C\C/C=C\C/C=C\C/C=C\C/C=C\C/C=C\C/C=C\C/C=C\C/C=C\CCCC(=O)OCC(COC(=O)CCCCCCCCCCCCC)OC(=O)CCCCCCCC/C=C\C/C=C\C/C=C\C/C=C\CC. The number of unbranched alkanes of at least 4 members (excludes halogenated alkanes) is 17. The van der Waals surface area contributed by atoms with Gasteiger partial charge in [-0.25, -0.2) is 0 Å². The molecule has 0 fully saturated rings. The fourth-order valence-electron chi connectivity index (χ4n) is 7.96. The van der Waals surface area contributed by atoms with Gasteiger partial charge in [-0.3, -0.25) is 14.4 Å². The number of esters is 3. The smallest absolute Gasteiger partial charge is 0.306 e. The van der Waals surface area contributed by atoms with Crippen molar-refractivity contribution in [1.29, 1.82) is 0 Å². The predicted molar refractivity (Wildman–Crippen MR) is 334 cm³/mol. The van der Waals surface area contributed by atoms with Crippen molar-refractivity contribution in [2.24, 2.45) is 0 Å². The van der Waals surface area contributed by atoms with Crippen molar-refractivity contribution in [2.75, 3.05) is 13.2 Å². The normalized spacial score (nSPS) is 13.2. The lowest BCUT2D eigenvalue weighted by Crippen LogP contribution is -2.30. The number of hydrogen-bond donors (Lipinski definition) is 0. The molecule has 0 aromatic rings. The van der Waals surface area contributed by atoms with Gasteiger partial charge >= 0.3 is 17.9 Å². The van der Waals surface area contributed by atoms with Gasteiger partial charge in [0.2, 0.25) is 0 Å². The van der Waals surface area contributed by atoms with E-state index in [0.29, 0.717) is 19.3 Å². The number of allylic oxidation sites excluding steroid dienone is 26. The average molecular weight is 1060 g/mol. The van der Waals surface area contributed by atoms with Gasteiger partial charge in [-0.15, -0.1) is 0 Å². The van der Waals surface area contributed by atoms with Crippen LogP contribution in [0.15, 0.2) is 158 Å². The highest BCUT2D eigenvalue weighted by Gasteiger charge is 2.19. The van der Waals surface area contributed by atoms with Crippen molar-refractivity contribution < 1.29 is 28.6 Å². The molecule has 1 unspecified atom stereocenters. The second-order valence-corrected chi connectivity index (χ2v) is 19.9. The first-order valence-corrected chi connectivity index (χ1v) is 31.0. The number of rotatable bonds is 54. The molecule has 1 atom stereocenters. The third kappa shape index (κ3) is 61.8. The van der Waals surface area contributed by atoms with Crippen LogP contribution in [0.1, 0.15) is 252 Å². The minimum Gasteiger partial charge on any atom is -0.462 e. The average Bonchev–Trinajstić information content (AvgIpc) is 3.43.